The smallest absolute Gasteiger partial charge is 0.164 e. The maximum atomic E-state index is 6.43. The molecule has 6 heteroatoms. The minimum Gasteiger partial charge on any atom is -0.456 e. The summed E-state index contributed by atoms with van der Waals surface area (Å²) in [6, 6.07) is 47.0. The van der Waals surface area contributed by atoms with E-state index in [2.05, 4.69) is 60.8 Å². The van der Waals surface area contributed by atoms with Crippen LogP contribution in [0, 0.1) is 0 Å². The third-order valence-corrected chi connectivity index (χ3v) is 8.31. The van der Waals surface area contributed by atoms with Gasteiger partial charge in [0.15, 0.2) is 17.5 Å². The van der Waals surface area contributed by atoms with E-state index in [0.717, 1.165) is 61.1 Å². The Labute approximate surface area is 264 Å². The lowest BCUT2D eigenvalue weighted by Crippen LogP contribution is -2.00. The van der Waals surface area contributed by atoms with E-state index in [0.29, 0.717) is 17.5 Å². The van der Waals surface area contributed by atoms with Gasteiger partial charge in [-0.1, -0.05) is 109 Å². The maximum Gasteiger partial charge on any atom is 0.164 e. The average molecular weight is 592 g/mol. The summed E-state index contributed by atoms with van der Waals surface area (Å²) in [7, 11) is 0. The molecule has 0 atom stereocenters. The van der Waals surface area contributed by atoms with Gasteiger partial charge in [0, 0.05) is 45.4 Å². The second-order valence-corrected chi connectivity index (χ2v) is 11.2. The highest BCUT2D eigenvalue weighted by Crippen LogP contribution is 2.38. The summed E-state index contributed by atoms with van der Waals surface area (Å²) in [6.07, 6.45) is 4.07. The van der Waals surface area contributed by atoms with Crippen molar-refractivity contribution in [3.05, 3.63) is 152 Å². The van der Waals surface area contributed by atoms with Crippen molar-refractivity contribution in [2.45, 2.75) is 0 Å². The molecule has 46 heavy (non-hydrogen) atoms. The highest BCUT2D eigenvalue weighted by molar-refractivity contribution is 6.12. The lowest BCUT2D eigenvalue weighted by molar-refractivity contribution is 0.669. The highest BCUT2D eigenvalue weighted by Gasteiger charge is 2.17. The van der Waals surface area contributed by atoms with E-state index in [9.17, 15) is 0 Å². The molecule has 0 radical (unpaired) electrons. The summed E-state index contributed by atoms with van der Waals surface area (Å²) in [5.74, 6) is 1.81. The Morgan fingerprint density at radius 3 is 1.80 bits per heavy atom. The number of furan rings is 1. The van der Waals surface area contributed by atoms with E-state index < -0.39 is 0 Å². The minimum atomic E-state index is 0.582. The first-order valence-electron chi connectivity index (χ1n) is 15.1. The van der Waals surface area contributed by atoms with Crippen LogP contribution in [0.15, 0.2) is 156 Å². The summed E-state index contributed by atoms with van der Waals surface area (Å²) in [5, 5.41) is 2.05. The summed E-state index contributed by atoms with van der Waals surface area (Å²) < 4.78 is 8.46. The predicted molar refractivity (Wildman–Crippen MR) is 183 cm³/mol. The molecule has 6 nitrogen and oxygen atoms in total. The number of hydrogen-bond acceptors (Lipinski definition) is 5. The second kappa shape index (κ2) is 10.6. The van der Waals surface area contributed by atoms with Crippen LogP contribution in [-0.4, -0.2) is 24.3 Å². The summed E-state index contributed by atoms with van der Waals surface area (Å²) in [5.41, 5.74) is 9.40. The Bertz CT molecular complexity index is 2480. The van der Waals surface area contributed by atoms with E-state index in [-0.39, 0.29) is 0 Å². The fraction of sp³-hybridized carbons (Fsp3) is 0. The van der Waals surface area contributed by atoms with Crippen LogP contribution in [0.3, 0.4) is 0 Å². The van der Waals surface area contributed by atoms with Gasteiger partial charge in [-0.05, 0) is 41.5 Å². The minimum absolute atomic E-state index is 0.582. The van der Waals surface area contributed by atoms with Crippen molar-refractivity contribution in [1.82, 2.24) is 24.3 Å². The van der Waals surface area contributed by atoms with Gasteiger partial charge in [0.05, 0.1) is 5.69 Å². The predicted octanol–water partition coefficient (Wildman–Crippen LogP) is 9.75. The van der Waals surface area contributed by atoms with Crippen molar-refractivity contribution in [2.24, 2.45) is 0 Å². The number of nitrogens with zero attached hydrogens (tertiary/aromatic N) is 5. The number of hydrogen-bond donors (Lipinski definition) is 0. The van der Waals surface area contributed by atoms with Crippen molar-refractivity contribution in [3.8, 4) is 56.5 Å². The Morgan fingerprint density at radius 1 is 0.457 bits per heavy atom. The third kappa shape index (κ3) is 4.52. The van der Waals surface area contributed by atoms with Gasteiger partial charge in [-0.25, -0.2) is 19.9 Å². The summed E-state index contributed by atoms with van der Waals surface area (Å²) in [4.78, 5) is 19.7. The van der Waals surface area contributed by atoms with Crippen LogP contribution < -0.4 is 0 Å². The lowest BCUT2D eigenvalue weighted by atomic mass is 10.0. The molecule has 0 bridgehead atoms. The van der Waals surface area contributed by atoms with E-state index in [1.807, 2.05) is 95.5 Å². The largest absolute Gasteiger partial charge is 0.456 e. The number of imidazole rings is 1. The molecule has 4 heterocycles. The zero-order chi connectivity index (χ0) is 30.5. The first-order chi connectivity index (χ1) is 22.8. The number of fused-ring (bicyclic) bond motifs is 4. The van der Waals surface area contributed by atoms with Gasteiger partial charge >= 0.3 is 0 Å². The topological polar surface area (TPSA) is 69.1 Å². The molecule has 9 aromatic rings. The van der Waals surface area contributed by atoms with Crippen LogP contribution in [-0.2, 0) is 0 Å². The zero-order valence-electron chi connectivity index (χ0n) is 24.6. The molecule has 0 amide bonds. The number of benzene rings is 5. The molecule has 0 spiro atoms. The molecule has 216 valence electrons. The molecule has 9 rings (SSSR count). The summed E-state index contributed by atoms with van der Waals surface area (Å²) in [6.45, 7) is 0. The van der Waals surface area contributed by atoms with Crippen LogP contribution >= 0.6 is 0 Å². The highest BCUT2D eigenvalue weighted by atomic mass is 16.3. The first-order valence-corrected chi connectivity index (χ1v) is 15.1. The molecule has 0 saturated carbocycles. The molecule has 0 fully saturated rings. The van der Waals surface area contributed by atoms with Crippen LogP contribution in [0.4, 0.5) is 0 Å². The van der Waals surface area contributed by atoms with E-state index in [1.165, 1.54) is 5.56 Å². The van der Waals surface area contributed by atoms with Gasteiger partial charge in [-0.2, -0.15) is 0 Å². The lowest BCUT2D eigenvalue weighted by Gasteiger charge is -2.09. The molecular weight excluding hydrogens is 566 g/mol. The van der Waals surface area contributed by atoms with Gasteiger partial charge in [0.25, 0.3) is 0 Å². The van der Waals surface area contributed by atoms with Crippen molar-refractivity contribution in [2.75, 3.05) is 0 Å². The third-order valence-electron chi connectivity index (χ3n) is 8.31. The molecule has 0 unspecified atom stereocenters. The monoisotopic (exact) mass is 591 g/mol. The van der Waals surface area contributed by atoms with Gasteiger partial charge in [0.1, 0.15) is 16.8 Å². The average Bonchev–Trinajstić information content (AvgIpc) is 3.74. The molecule has 5 aromatic carbocycles. The van der Waals surface area contributed by atoms with Crippen LogP contribution in [0.25, 0.3) is 84.1 Å². The van der Waals surface area contributed by atoms with E-state index >= 15 is 0 Å². The zero-order valence-corrected chi connectivity index (χ0v) is 24.6. The second-order valence-electron chi connectivity index (χ2n) is 11.2. The molecular formula is C40H25N5O. The van der Waals surface area contributed by atoms with Crippen molar-refractivity contribution < 1.29 is 4.42 Å². The Hall–Kier alpha value is -6.40. The van der Waals surface area contributed by atoms with Gasteiger partial charge in [-0.15, -0.1) is 0 Å². The molecule has 0 saturated heterocycles. The van der Waals surface area contributed by atoms with Crippen LogP contribution in [0.2, 0.25) is 0 Å². The molecule has 0 aliphatic carbocycles. The van der Waals surface area contributed by atoms with Crippen LogP contribution in [0.5, 0.6) is 0 Å². The summed E-state index contributed by atoms with van der Waals surface area (Å²) >= 11 is 0. The van der Waals surface area contributed by atoms with Gasteiger partial charge < -0.3 is 8.82 Å². The Morgan fingerprint density at radius 2 is 1.07 bits per heavy atom. The molecule has 4 aromatic heterocycles. The van der Waals surface area contributed by atoms with E-state index in [1.54, 1.807) is 0 Å². The fourth-order valence-corrected chi connectivity index (χ4v) is 6.04. The van der Waals surface area contributed by atoms with Gasteiger partial charge in [0.2, 0.25) is 0 Å². The number of pyridine rings is 1. The van der Waals surface area contributed by atoms with Crippen molar-refractivity contribution in [1.29, 1.82) is 0 Å². The molecule has 0 N–H and O–H groups in total. The standard InChI is InChI=1S/C40H25N5O/c1-3-10-26(11-4-1)27-17-19-29(20-18-27)39-42-38(28-12-5-2-6-13-28)43-40(44-39)30-21-22-32-35(24-30)46-34-15-9-14-31(37(32)34)33-25-45-23-8-7-16-36(45)41-33/h1-25H. The quantitative estimate of drug-likeness (QED) is 0.199. The van der Waals surface area contributed by atoms with E-state index in [4.69, 9.17) is 24.4 Å². The number of aromatic nitrogens is 5. The fourth-order valence-electron chi connectivity index (χ4n) is 6.04. The normalized spacial score (nSPS) is 11.5. The number of rotatable bonds is 5. The van der Waals surface area contributed by atoms with Crippen molar-refractivity contribution >= 4 is 27.6 Å². The maximum absolute atomic E-state index is 6.43. The first kappa shape index (κ1) is 26.0. The molecule has 0 aliphatic heterocycles. The Balaban J connectivity index is 1.17. The van der Waals surface area contributed by atoms with Gasteiger partial charge in [-0.3, -0.25) is 0 Å². The van der Waals surface area contributed by atoms with Crippen molar-refractivity contribution in [3.63, 3.8) is 0 Å². The van der Waals surface area contributed by atoms with Crippen LogP contribution in [0.1, 0.15) is 0 Å². The molecule has 0 aliphatic rings. The Kier molecular flexibility index (Phi) is 6.03. The SMILES string of the molecule is c1ccc(-c2ccc(-c3nc(-c4ccccc4)nc(-c4ccc5c(c4)oc4cccc(-c6cn7ccccc7n6)c45)n3)cc2)cc1.